The molecule has 3 heterocycles. The lowest BCUT2D eigenvalue weighted by Gasteiger charge is -2.08. The van der Waals surface area contributed by atoms with Crippen LogP contribution in [0.5, 0.6) is 5.88 Å². The van der Waals surface area contributed by atoms with Crippen molar-refractivity contribution in [2.45, 2.75) is 26.9 Å². The highest BCUT2D eigenvalue weighted by Gasteiger charge is 2.11. The molecule has 0 atom stereocenters. The van der Waals surface area contributed by atoms with Gasteiger partial charge in [0, 0.05) is 12.6 Å². The number of ether oxygens (including phenoxy) is 1. The molecule has 0 unspecified atom stereocenters. The largest absolute Gasteiger partial charge is 0.468 e. The van der Waals surface area contributed by atoms with Gasteiger partial charge in [0.05, 0.1) is 0 Å². The molecule has 0 saturated carbocycles. The minimum atomic E-state index is 0.285. The van der Waals surface area contributed by atoms with Gasteiger partial charge in [-0.1, -0.05) is 6.92 Å². The molecule has 3 rings (SSSR count). The second-order valence-electron chi connectivity index (χ2n) is 4.47. The van der Waals surface area contributed by atoms with E-state index >= 15 is 0 Å². The lowest BCUT2D eigenvalue weighted by molar-refractivity contribution is 0.276. The molecule has 0 bridgehead atoms. The van der Waals surface area contributed by atoms with Crippen LogP contribution in [-0.4, -0.2) is 34.6 Å². The molecule has 0 aliphatic rings. The van der Waals surface area contributed by atoms with E-state index in [1.165, 1.54) is 0 Å². The van der Waals surface area contributed by atoms with Gasteiger partial charge in [-0.05, 0) is 19.4 Å². The summed E-state index contributed by atoms with van der Waals surface area (Å²) < 4.78 is 9.04. The van der Waals surface area contributed by atoms with E-state index in [1.54, 1.807) is 15.5 Å². The fourth-order valence-corrected chi connectivity index (χ4v) is 1.92. The second-order valence-corrected chi connectivity index (χ2v) is 4.47. The van der Waals surface area contributed by atoms with E-state index in [0.29, 0.717) is 11.7 Å². The van der Waals surface area contributed by atoms with E-state index in [0.717, 1.165) is 23.5 Å². The predicted octanol–water partition coefficient (Wildman–Crippen LogP) is 0.703. The maximum absolute atomic E-state index is 5.73. The molecule has 20 heavy (non-hydrogen) atoms. The zero-order valence-corrected chi connectivity index (χ0v) is 11.6. The smallest absolute Gasteiger partial charge is 0.235 e. The van der Waals surface area contributed by atoms with Gasteiger partial charge in [0.2, 0.25) is 5.88 Å². The summed E-state index contributed by atoms with van der Waals surface area (Å²) in [4.78, 5) is 4.12. The van der Waals surface area contributed by atoms with Crippen LogP contribution in [0.15, 0.2) is 12.4 Å². The first-order valence-corrected chi connectivity index (χ1v) is 6.36. The highest BCUT2D eigenvalue weighted by atomic mass is 16.5. The van der Waals surface area contributed by atoms with Crippen molar-refractivity contribution in [2.75, 3.05) is 0 Å². The standard InChI is InChI=1S/C12H15N7O/c1-4-9-5-11-15-14-8(2)19(11)17-12(9)20-6-10-13-7-18(3)16-10/h5,7H,4,6H2,1-3H3. The zero-order chi connectivity index (χ0) is 14.1. The van der Waals surface area contributed by atoms with Crippen molar-refractivity contribution in [2.24, 2.45) is 7.05 Å². The van der Waals surface area contributed by atoms with Gasteiger partial charge < -0.3 is 4.74 Å². The Morgan fingerprint density at radius 2 is 2.10 bits per heavy atom. The Kier molecular flexibility index (Phi) is 3.05. The summed E-state index contributed by atoms with van der Waals surface area (Å²) in [6.07, 6.45) is 2.44. The Bertz CT molecular complexity index is 745. The van der Waals surface area contributed by atoms with Crippen LogP contribution in [0.1, 0.15) is 24.1 Å². The lowest BCUT2D eigenvalue weighted by atomic mass is 10.2. The van der Waals surface area contributed by atoms with E-state index in [-0.39, 0.29) is 6.61 Å². The molecule has 104 valence electrons. The van der Waals surface area contributed by atoms with Gasteiger partial charge in [0.25, 0.3) is 0 Å². The van der Waals surface area contributed by atoms with Crippen LogP contribution in [-0.2, 0) is 20.1 Å². The van der Waals surface area contributed by atoms with Gasteiger partial charge in [-0.3, -0.25) is 4.68 Å². The van der Waals surface area contributed by atoms with E-state index < -0.39 is 0 Å². The highest BCUT2D eigenvalue weighted by Crippen LogP contribution is 2.18. The van der Waals surface area contributed by atoms with Crippen LogP contribution in [0.2, 0.25) is 0 Å². The number of aryl methyl sites for hydroxylation is 3. The predicted molar refractivity (Wildman–Crippen MR) is 70.2 cm³/mol. The summed E-state index contributed by atoms with van der Waals surface area (Å²) in [5.74, 6) is 1.91. The first-order chi connectivity index (χ1) is 9.67. The summed E-state index contributed by atoms with van der Waals surface area (Å²) in [5, 5.41) is 16.7. The minimum absolute atomic E-state index is 0.285. The summed E-state index contributed by atoms with van der Waals surface area (Å²) in [7, 11) is 1.82. The van der Waals surface area contributed by atoms with Crippen molar-refractivity contribution in [1.29, 1.82) is 0 Å². The SMILES string of the molecule is CCc1cc2nnc(C)n2nc1OCc1ncn(C)n1. The van der Waals surface area contributed by atoms with Gasteiger partial charge in [-0.25, -0.2) is 4.98 Å². The molecule has 0 N–H and O–H groups in total. The highest BCUT2D eigenvalue weighted by molar-refractivity contribution is 5.43. The van der Waals surface area contributed by atoms with Crippen LogP contribution in [0.3, 0.4) is 0 Å². The molecule has 8 nitrogen and oxygen atoms in total. The van der Waals surface area contributed by atoms with E-state index in [1.807, 2.05) is 27.0 Å². The summed E-state index contributed by atoms with van der Waals surface area (Å²) in [6.45, 7) is 4.18. The number of aromatic nitrogens is 7. The summed E-state index contributed by atoms with van der Waals surface area (Å²) in [5.41, 5.74) is 1.71. The molecular weight excluding hydrogens is 258 g/mol. The van der Waals surface area contributed by atoms with Crippen molar-refractivity contribution in [3.05, 3.63) is 29.6 Å². The van der Waals surface area contributed by atoms with Crippen LogP contribution in [0, 0.1) is 6.92 Å². The third-order valence-electron chi connectivity index (χ3n) is 2.96. The third-order valence-corrected chi connectivity index (χ3v) is 2.96. The normalized spacial score (nSPS) is 11.2. The fraction of sp³-hybridized carbons (Fsp3) is 0.417. The van der Waals surface area contributed by atoms with Crippen molar-refractivity contribution in [3.63, 3.8) is 0 Å². The molecule has 0 aliphatic carbocycles. The Hall–Kier alpha value is -2.51. The van der Waals surface area contributed by atoms with Gasteiger partial charge in [0.1, 0.15) is 6.33 Å². The molecule has 0 radical (unpaired) electrons. The third kappa shape index (κ3) is 2.20. The Balaban J connectivity index is 1.90. The maximum Gasteiger partial charge on any atom is 0.235 e. The van der Waals surface area contributed by atoms with Crippen molar-refractivity contribution >= 4 is 5.65 Å². The molecule has 0 aliphatic heterocycles. The second kappa shape index (κ2) is 4.87. The van der Waals surface area contributed by atoms with Crippen molar-refractivity contribution < 1.29 is 4.74 Å². The molecule has 0 aromatic carbocycles. The zero-order valence-electron chi connectivity index (χ0n) is 11.6. The minimum Gasteiger partial charge on any atom is -0.468 e. The molecule has 0 fully saturated rings. The van der Waals surface area contributed by atoms with Gasteiger partial charge in [-0.2, -0.15) is 9.61 Å². The van der Waals surface area contributed by atoms with E-state index in [2.05, 4.69) is 25.4 Å². The first-order valence-electron chi connectivity index (χ1n) is 6.36. The van der Waals surface area contributed by atoms with Crippen molar-refractivity contribution in [3.8, 4) is 5.88 Å². The van der Waals surface area contributed by atoms with E-state index in [9.17, 15) is 0 Å². The fourth-order valence-electron chi connectivity index (χ4n) is 1.92. The van der Waals surface area contributed by atoms with Crippen LogP contribution in [0.4, 0.5) is 0 Å². The van der Waals surface area contributed by atoms with Crippen LogP contribution >= 0.6 is 0 Å². The lowest BCUT2D eigenvalue weighted by Crippen LogP contribution is -2.06. The molecule has 3 aromatic rings. The van der Waals surface area contributed by atoms with Gasteiger partial charge in [0.15, 0.2) is 23.9 Å². The van der Waals surface area contributed by atoms with Gasteiger partial charge in [-0.15, -0.1) is 15.3 Å². The molecule has 0 saturated heterocycles. The first kappa shape index (κ1) is 12.5. The van der Waals surface area contributed by atoms with Gasteiger partial charge >= 0.3 is 0 Å². The topological polar surface area (TPSA) is 83.0 Å². The molecule has 0 spiro atoms. The number of hydrogen-bond acceptors (Lipinski definition) is 6. The molecule has 8 heteroatoms. The number of fused-ring (bicyclic) bond motifs is 1. The van der Waals surface area contributed by atoms with Crippen molar-refractivity contribution in [1.82, 2.24) is 34.6 Å². The van der Waals surface area contributed by atoms with Crippen LogP contribution < -0.4 is 4.74 Å². The summed E-state index contributed by atoms with van der Waals surface area (Å²) >= 11 is 0. The average molecular weight is 273 g/mol. The molecular formula is C12H15N7O. The summed E-state index contributed by atoms with van der Waals surface area (Å²) in [6, 6.07) is 1.94. The Morgan fingerprint density at radius 1 is 1.25 bits per heavy atom. The quantitative estimate of drug-likeness (QED) is 0.696. The maximum atomic E-state index is 5.73. The van der Waals surface area contributed by atoms with E-state index in [4.69, 9.17) is 4.74 Å². The Morgan fingerprint density at radius 3 is 2.80 bits per heavy atom. The molecule has 0 amide bonds. The number of nitrogens with zero attached hydrogens (tertiary/aromatic N) is 7. The number of rotatable bonds is 4. The molecule has 3 aromatic heterocycles. The number of hydrogen-bond donors (Lipinski definition) is 0. The van der Waals surface area contributed by atoms with Crippen LogP contribution in [0.25, 0.3) is 5.65 Å². The average Bonchev–Trinajstić information content (AvgIpc) is 3.02. The Labute approximate surface area is 115 Å². The monoisotopic (exact) mass is 273 g/mol.